The van der Waals surface area contributed by atoms with E-state index in [1.165, 1.54) is 19.3 Å². The number of nitrogen functional groups attached to an aromatic ring is 1. The number of benzene rings is 2. The summed E-state index contributed by atoms with van der Waals surface area (Å²) in [4.78, 5) is 22.7. The minimum absolute atomic E-state index is 0.305. The van der Waals surface area contributed by atoms with Gasteiger partial charge in [0, 0.05) is 6.54 Å². The van der Waals surface area contributed by atoms with Gasteiger partial charge >= 0.3 is 5.97 Å². The molecule has 4 rings (SSSR count). The van der Waals surface area contributed by atoms with Gasteiger partial charge < -0.3 is 19.8 Å². The molecule has 0 saturated heterocycles. The number of methoxy groups -OCH3 is 1. The van der Waals surface area contributed by atoms with Gasteiger partial charge in [0.15, 0.2) is 5.65 Å². The van der Waals surface area contributed by atoms with Crippen LogP contribution in [-0.2, 0) is 17.7 Å². The molecule has 0 radical (unpaired) electrons. The van der Waals surface area contributed by atoms with Crippen LogP contribution in [0.5, 0.6) is 5.75 Å². The van der Waals surface area contributed by atoms with Gasteiger partial charge in [-0.1, -0.05) is 63.3 Å². The molecular formula is C28H34N4O3. The lowest BCUT2D eigenvalue weighted by molar-refractivity contribution is 0.0501. The van der Waals surface area contributed by atoms with Crippen molar-refractivity contribution in [1.82, 2.24) is 14.5 Å². The second-order valence-electron chi connectivity index (χ2n) is 8.80. The summed E-state index contributed by atoms with van der Waals surface area (Å²) in [5, 5.41) is 0. The minimum atomic E-state index is -0.436. The molecule has 2 aromatic heterocycles. The number of aromatic nitrogens is 3. The van der Waals surface area contributed by atoms with Gasteiger partial charge in [0.25, 0.3) is 0 Å². The van der Waals surface area contributed by atoms with Gasteiger partial charge in [0.2, 0.25) is 0 Å². The SMILES string of the molecule is CCCCCCCCOC(=O)c1c(N)n(CCc2ccc(OC)cc2)c2nc3ccccc3nc12. The molecule has 0 spiro atoms. The number of carbonyl (C=O) groups is 1. The maximum Gasteiger partial charge on any atom is 0.344 e. The Bertz CT molecular complexity index is 1280. The standard InChI is InChI=1S/C28H34N4O3/c1-3-4-5-6-7-10-19-35-28(33)24-25-27(31-23-12-9-8-11-22(23)30-25)32(26(24)29)18-17-20-13-15-21(34-2)16-14-20/h8-9,11-16H,3-7,10,17-19,29H2,1-2H3. The van der Waals surface area contributed by atoms with E-state index < -0.39 is 5.97 Å². The number of aryl methyl sites for hydroxylation is 2. The van der Waals surface area contributed by atoms with Crippen LogP contribution in [0, 0.1) is 0 Å². The Morgan fingerprint density at radius 1 is 0.943 bits per heavy atom. The zero-order valence-electron chi connectivity index (χ0n) is 20.6. The first-order valence-corrected chi connectivity index (χ1v) is 12.5. The highest BCUT2D eigenvalue weighted by Crippen LogP contribution is 2.29. The fourth-order valence-corrected chi connectivity index (χ4v) is 4.30. The molecule has 0 saturated carbocycles. The Morgan fingerprint density at radius 3 is 2.34 bits per heavy atom. The van der Waals surface area contributed by atoms with Crippen LogP contribution >= 0.6 is 0 Å². The predicted octanol–water partition coefficient (Wildman–Crippen LogP) is 5.94. The smallest absolute Gasteiger partial charge is 0.344 e. The molecule has 0 aliphatic rings. The van der Waals surface area contributed by atoms with Crippen molar-refractivity contribution in [2.24, 2.45) is 0 Å². The zero-order valence-corrected chi connectivity index (χ0v) is 20.6. The quantitative estimate of drug-likeness (QED) is 0.202. The van der Waals surface area contributed by atoms with E-state index in [9.17, 15) is 4.79 Å². The number of fused-ring (bicyclic) bond motifs is 2. The molecule has 0 fully saturated rings. The van der Waals surface area contributed by atoms with Crippen molar-refractivity contribution < 1.29 is 14.3 Å². The fraction of sp³-hybridized carbons (Fsp3) is 0.393. The van der Waals surface area contributed by atoms with Gasteiger partial charge in [0.1, 0.15) is 22.6 Å². The molecule has 0 aliphatic carbocycles. The van der Waals surface area contributed by atoms with Gasteiger partial charge in [0.05, 0.1) is 24.8 Å². The van der Waals surface area contributed by atoms with E-state index in [1.54, 1.807) is 7.11 Å². The number of hydrogen-bond acceptors (Lipinski definition) is 6. The number of ether oxygens (including phenoxy) is 2. The van der Waals surface area contributed by atoms with Crippen LogP contribution in [0.1, 0.15) is 61.4 Å². The lowest BCUT2D eigenvalue weighted by Gasteiger charge is -2.09. The second-order valence-corrected chi connectivity index (χ2v) is 8.80. The molecule has 4 aromatic rings. The van der Waals surface area contributed by atoms with Crippen LogP contribution in [-0.4, -0.2) is 34.2 Å². The van der Waals surface area contributed by atoms with E-state index in [0.29, 0.717) is 35.7 Å². The highest BCUT2D eigenvalue weighted by molar-refractivity contribution is 6.08. The molecule has 35 heavy (non-hydrogen) atoms. The van der Waals surface area contributed by atoms with E-state index in [4.69, 9.17) is 25.2 Å². The Kier molecular flexibility index (Phi) is 8.19. The minimum Gasteiger partial charge on any atom is -0.497 e. The molecule has 7 nitrogen and oxygen atoms in total. The number of anilines is 1. The monoisotopic (exact) mass is 474 g/mol. The van der Waals surface area contributed by atoms with Crippen LogP contribution in [0.3, 0.4) is 0 Å². The van der Waals surface area contributed by atoms with Crippen molar-refractivity contribution in [3.63, 3.8) is 0 Å². The Balaban J connectivity index is 1.57. The summed E-state index contributed by atoms with van der Waals surface area (Å²) in [6.07, 6.45) is 7.47. The first-order valence-electron chi connectivity index (χ1n) is 12.5. The fourth-order valence-electron chi connectivity index (χ4n) is 4.30. The lowest BCUT2D eigenvalue weighted by atomic mass is 10.1. The number of nitrogens with zero attached hydrogens (tertiary/aromatic N) is 3. The van der Waals surface area contributed by atoms with Gasteiger partial charge in [-0.3, -0.25) is 0 Å². The molecule has 0 bridgehead atoms. The van der Waals surface area contributed by atoms with E-state index >= 15 is 0 Å². The first kappa shape index (κ1) is 24.5. The lowest BCUT2D eigenvalue weighted by Crippen LogP contribution is -2.11. The Hall–Kier alpha value is -3.61. The van der Waals surface area contributed by atoms with Crippen molar-refractivity contribution in [1.29, 1.82) is 0 Å². The maximum atomic E-state index is 13.1. The third-order valence-electron chi connectivity index (χ3n) is 6.31. The highest BCUT2D eigenvalue weighted by atomic mass is 16.5. The van der Waals surface area contributed by atoms with Gasteiger partial charge in [-0.25, -0.2) is 14.8 Å². The predicted molar refractivity (Wildman–Crippen MR) is 140 cm³/mol. The molecule has 0 unspecified atom stereocenters. The number of hydrogen-bond donors (Lipinski definition) is 1. The number of unbranched alkanes of at least 4 members (excludes halogenated alkanes) is 5. The number of carbonyl (C=O) groups excluding carboxylic acids is 1. The van der Waals surface area contributed by atoms with E-state index in [1.807, 2.05) is 53.1 Å². The average molecular weight is 475 g/mol. The number of para-hydroxylation sites is 2. The first-order chi connectivity index (χ1) is 17.1. The van der Waals surface area contributed by atoms with Crippen molar-refractivity contribution in [3.05, 3.63) is 59.7 Å². The van der Waals surface area contributed by atoms with Crippen molar-refractivity contribution in [2.75, 3.05) is 19.5 Å². The summed E-state index contributed by atoms with van der Waals surface area (Å²) in [5.41, 5.74) is 10.5. The Morgan fingerprint density at radius 2 is 1.63 bits per heavy atom. The summed E-state index contributed by atoms with van der Waals surface area (Å²) in [6, 6.07) is 15.5. The zero-order chi connectivity index (χ0) is 24.6. The maximum absolute atomic E-state index is 13.1. The molecule has 7 heteroatoms. The highest BCUT2D eigenvalue weighted by Gasteiger charge is 2.25. The summed E-state index contributed by atoms with van der Waals surface area (Å²) < 4.78 is 12.7. The summed E-state index contributed by atoms with van der Waals surface area (Å²) in [7, 11) is 1.65. The van der Waals surface area contributed by atoms with Gasteiger partial charge in [-0.15, -0.1) is 0 Å². The van der Waals surface area contributed by atoms with Crippen molar-refractivity contribution in [3.8, 4) is 5.75 Å². The largest absolute Gasteiger partial charge is 0.497 e. The topological polar surface area (TPSA) is 92.3 Å². The normalized spacial score (nSPS) is 11.3. The molecule has 2 heterocycles. The molecule has 2 aromatic carbocycles. The summed E-state index contributed by atoms with van der Waals surface area (Å²) in [5.74, 6) is 0.720. The average Bonchev–Trinajstić information content (AvgIpc) is 3.15. The molecule has 0 amide bonds. The van der Waals surface area contributed by atoms with Crippen LogP contribution in [0.15, 0.2) is 48.5 Å². The molecular weight excluding hydrogens is 440 g/mol. The van der Waals surface area contributed by atoms with Gasteiger partial charge in [-0.2, -0.15) is 0 Å². The third-order valence-corrected chi connectivity index (χ3v) is 6.31. The second kappa shape index (κ2) is 11.7. The van der Waals surface area contributed by atoms with Gasteiger partial charge in [-0.05, 0) is 42.7 Å². The summed E-state index contributed by atoms with van der Waals surface area (Å²) >= 11 is 0. The Labute approximate surface area is 206 Å². The molecule has 2 N–H and O–H groups in total. The number of rotatable bonds is 12. The molecule has 184 valence electrons. The van der Waals surface area contributed by atoms with Crippen molar-refractivity contribution in [2.45, 2.75) is 58.4 Å². The number of esters is 1. The third kappa shape index (κ3) is 5.73. The van der Waals surface area contributed by atoms with E-state index in [0.717, 1.165) is 48.0 Å². The number of nitrogens with two attached hydrogens (primary N) is 1. The van der Waals surface area contributed by atoms with E-state index in [-0.39, 0.29) is 0 Å². The van der Waals surface area contributed by atoms with Crippen LogP contribution < -0.4 is 10.5 Å². The van der Waals surface area contributed by atoms with Crippen LogP contribution in [0.4, 0.5) is 5.82 Å². The van der Waals surface area contributed by atoms with Crippen LogP contribution in [0.25, 0.3) is 22.2 Å². The van der Waals surface area contributed by atoms with Crippen molar-refractivity contribution >= 4 is 34.0 Å². The van der Waals surface area contributed by atoms with E-state index in [2.05, 4.69) is 6.92 Å². The summed E-state index contributed by atoms with van der Waals surface area (Å²) in [6.45, 7) is 3.14. The molecule has 0 atom stereocenters. The molecule has 0 aliphatic heterocycles. The van der Waals surface area contributed by atoms with Crippen LogP contribution in [0.2, 0.25) is 0 Å².